The fraction of sp³-hybridized carbons (Fsp3) is 0.500. The molecule has 0 unspecified atom stereocenters. The molecule has 0 amide bonds. The van der Waals surface area contributed by atoms with Gasteiger partial charge < -0.3 is 9.47 Å². The van der Waals surface area contributed by atoms with Crippen molar-refractivity contribution in [2.75, 3.05) is 20.3 Å². The standard InChI is InChI=1S/C12H15BrO2S/c1-14-11-3-2-9(13)8-12(11)16-10-4-6-15-7-5-10/h2-3,8,10H,4-7H2,1H3. The van der Waals surface area contributed by atoms with Gasteiger partial charge in [0.1, 0.15) is 5.75 Å². The van der Waals surface area contributed by atoms with Crippen LogP contribution < -0.4 is 4.74 Å². The first-order valence-electron chi connectivity index (χ1n) is 5.37. The second-order valence-electron chi connectivity index (χ2n) is 3.72. The van der Waals surface area contributed by atoms with E-state index in [0.717, 1.165) is 36.3 Å². The van der Waals surface area contributed by atoms with E-state index in [9.17, 15) is 0 Å². The lowest BCUT2D eigenvalue weighted by Crippen LogP contribution is -2.17. The van der Waals surface area contributed by atoms with Gasteiger partial charge in [-0.2, -0.15) is 0 Å². The molecule has 16 heavy (non-hydrogen) atoms. The number of halogens is 1. The fourth-order valence-corrected chi connectivity index (χ4v) is 3.48. The average Bonchev–Trinajstić information content (AvgIpc) is 2.31. The Hall–Kier alpha value is -0.190. The number of hydrogen-bond donors (Lipinski definition) is 0. The highest BCUT2D eigenvalue weighted by Gasteiger charge is 2.17. The van der Waals surface area contributed by atoms with Crippen LogP contribution in [0.2, 0.25) is 0 Å². The van der Waals surface area contributed by atoms with Crippen molar-refractivity contribution < 1.29 is 9.47 Å². The Morgan fingerprint density at radius 3 is 2.81 bits per heavy atom. The Labute approximate surface area is 109 Å². The maximum atomic E-state index is 5.37. The summed E-state index contributed by atoms with van der Waals surface area (Å²) in [5.74, 6) is 0.958. The number of hydrogen-bond acceptors (Lipinski definition) is 3. The predicted octanol–water partition coefficient (Wildman–Crippen LogP) is 3.73. The van der Waals surface area contributed by atoms with E-state index in [0.29, 0.717) is 5.25 Å². The van der Waals surface area contributed by atoms with Gasteiger partial charge in [-0.05, 0) is 31.0 Å². The van der Waals surface area contributed by atoms with Crippen LogP contribution in [0.1, 0.15) is 12.8 Å². The van der Waals surface area contributed by atoms with Gasteiger partial charge in [0, 0.05) is 22.9 Å². The first kappa shape index (κ1) is 12.3. The van der Waals surface area contributed by atoms with E-state index < -0.39 is 0 Å². The molecule has 1 aliphatic rings. The first-order valence-corrected chi connectivity index (χ1v) is 7.05. The Balaban J connectivity index is 2.09. The molecule has 1 aromatic rings. The van der Waals surface area contributed by atoms with E-state index in [1.165, 1.54) is 4.90 Å². The fourth-order valence-electron chi connectivity index (χ4n) is 1.72. The molecule has 1 fully saturated rings. The summed E-state index contributed by atoms with van der Waals surface area (Å²) >= 11 is 5.39. The largest absolute Gasteiger partial charge is 0.496 e. The van der Waals surface area contributed by atoms with Crippen molar-refractivity contribution in [1.29, 1.82) is 0 Å². The van der Waals surface area contributed by atoms with E-state index in [-0.39, 0.29) is 0 Å². The Morgan fingerprint density at radius 2 is 2.12 bits per heavy atom. The highest BCUT2D eigenvalue weighted by Crippen LogP contribution is 2.37. The van der Waals surface area contributed by atoms with Crippen LogP contribution in [-0.2, 0) is 4.74 Å². The van der Waals surface area contributed by atoms with Crippen LogP contribution in [0.25, 0.3) is 0 Å². The van der Waals surface area contributed by atoms with Gasteiger partial charge in [-0.3, -0.25) is 0 Å². The highest BCUT2D eigenvalue weighted by molar-refractivity contribution is 9.10. The zero-order chi connectivity index (χ0) is 11.4. The summed E-state index contributed by atoms with van der Waals surface area (Å²) in [6.07, 6.45) is 2.25. The lowest BCUT2D eigenvalue weighted by Gasteiger charge is -2.22. The topological polar surface area (TPSA) is 18.5 Å². The molecule has 0 aliphatic carbocycles. The van der Waals surface area contributed by atoms with E-state index in [1.54, 1.807) is 7.11 Å². The molecule has 0 atom stereocenters. The van der Waals surface area contributed by atoms with Gasteiger partial charge in [-0.1, -0.05) is 15.9 Å². The van der Waals surface area contributed by atoms with Crippen LogP contribution in [0.5, 0.6) is 5.75 Å². The molecule has 1 heterocycles. The molecule has 1 aromatic carbocycles. The van der Waals surface area contributed by atoms with Crippen molar-refractivity contribution in [3.8, 4) is 5.75 Å². The molecule has 0 saturated carbocycles. The zero-order valence-electron chi connectivity index (χ0n) is 9.24. The van der Waals surface area contributed by atoms with Gasteiger partial charge in [0.2, 0.25) is 0 Å². The van der Waals surface area contributed by atoms with Crippen molar-refractivity contribution in [2.45, 2.75) is 23.0 Å². The van der Waals surface area contributed by atoms with Crippen LogP contribution in [0.3, 0.4) is 0 Å². The van der Waals surface area contributed by atoms with Crippen molar-refractivity contribution in [3.05, 3.63) is 22.7 Å². The maximum absolute atomic E-state index is 5.37. The minimum Gasteiger partial charge on any atom is -0.496 e. The summed E-state index contributed by atoms with van der Waals surface area (Å²) in [5, 5.41) is 0.650. The van der Waals surface area contributed by atoms with Crippen LogP contribution in [-0.4, -0.2) is 25.6 Å². The number of ether oxygens (including phenoxy) is 2. The Bertz CT molecular complexity index is 351. The lowest BCUT2D eigenvalue weighted by atomic mass is 10.2. The maximum Gasteiger partial charge on any atom is 0.132 e. The van der Waals surface area contributed by atoms with E-state index in [4.69, 9.17) is 9.47 Å². The minimum absolute atomic E-state index is 0.650. The van der Waals surface area contributed by atoms with Gasteiger partial charge in [0.25, 0.3) is 0 Å². The van der Waals surface area contributed by atoms with Crippen molar-refractivity contribution >= 4 is 27.7 Å². The van der Waals surface area contributed by atoms with Crippen molar-refractivity contribution in [3.63, 3.8) is 0 Å². The summed E-state index contributed by atoms with van der Waals surface area (Å²) in [7, 11) is 1.72. The Kier molecular flexibility index (Phi) is 4.55. The van der Waals surface area contributed by atoms with Gasteiger partial charge in [0.05, 0.1) is 12.0 Å². The number of methoxy groups -OCH3 is 1. The van der Waals surface area contributed by atoms with Crippen molar-refractivity contribution in [2.24, 2.45) is 0 Å². The summed E-state index contributed by atoms with van der Waals surface area (Å²) in [5.41, 5.74) is 0. The number of rotatable bonds is 3. The molecular weight excluding hydrogens is 288 g/mol. The molecule has 0 aromatic heterocycles. The van der Waals surface area contributed by atoms with Crippen molar-refractivity contribution in [1.82, 2.24) is 0 Å². The van der Waals surface area contributed by atoms with E-state index >= 15 is 0 Å². The monoisotopic (exact) mass is 302 g/mol. The molecule has 4 heteroatoms. The zero-order valence-corrected chi connectivity index (χ0v) is 11.6. The highest BCUT2D eigenvalue weighted by atomic mass is 79.9. The number of thioether (sulfide) groups is 1. The SMILES string of the molecule is COc1ccc(Br)cc1SC1CCOCC1. The summed E-state index contributed by atoms with van der Waals surface area (Å²) in [6.45, 7) is 1.77. The van der Waals surface area contributed by atoms with Gasteiger partial charge >= 0.3 is 0 Å². The third kappa shape index (κ3) is 3.15. The summed E-state index contributed by atoms with van der Waals surface area (Å²) < 4.78 is 11.8. The molecule has 2 nitrogen and oxygen atoms in total. The predicted molar refractivity (Wildman–Crippen MR) is 70.4 cm³/mol. The smallest absolute Gasteiger partial charge is 0.132 e. The lowest BCUT2D eigenvalue weighted by molar-refractivity contribution is 0.1000. The molecule has 1 saturated heterocycles. The molecule has 0 N–H and O–H groups in total. The molecule has 2 rings (SSSR count). The normalized spacial score (nSPS) is 17.4. The second kappa shape index (κ2) is 5.94. The van der Waals surface area contributed by atoms with Gasteiger partial charge in [-0.25, -0.2) is 0 Å². The first-order chi connectivity index (χ1) is 7.79. The second-order valence-corrected chi connectivity index (χ2v) is 5.98. The van der Waals surface area contributed by atoms with Crippen LogP contribution in [0, 0.1) is 0 Å². The molecular formula is C12H15BrO2S. The summed E-state index contributed by atoms with van der Waals surface area (Å²) in [4.78, 5) is 1.21. The van der Waals surface area contributed by atoms with Crippen LogP contribution in [0.15, 0.2) is 27.6 Å². The van der Waals surface area contributed by atoms with E-state index in [1.807, 2.05) is 23.9 Å². The average molecular weight is 303 g/mol. The van der Waals surface area contributed by atoms with Gasteiger partial charge in [-0.15, -0.1) is 11.8 Å². The van der Waals surface area contributed by atoms with Crippen LogP contribution >= 0.6 is 27.7 Å². The third-order valence-corrected chi connectivity index (χ3v) is 4.46. The third-order valence-electron chi connectivity index (χ3n) is 2.59. The molecule has 0 radical (unpaired) electrons. The molecule has 0 spiro atoms. The molecule has 1 aliphatic heterocycles. The summed E-state index contributed by atoms with van der Waals surface area (Å²) in [6, 6.07) is 6.14. The van der Waals surface area contributed by atoms with Crippen LogP contribution in [0.4, 0.5) is 0 Å². The Morgan fingerprint density at radius 1 is 1.38 bits per heavy atom. The van der Waals surface area contributed by atoms with Gasteiger partial charge in [0.15, 0.2) is 0 Å². The van der Waals surface area contributed by atoms with E-state index in [2.05, 4.69) is 22.0 Å². The molecule has 0 bridgehead atoms. The quantitative estimate of drug-likeness (QED) is 0.847. The number of benzene rings is 1. The minimum atomic E-state index is 0.650. The molecule has 88 valence electrons.